The molecule has 0 bridgehead atoms. The summed E-state index contributed by atoms with van der Waals surface area (Å²) in [5.41, 5.74) is 0. The molecule has 0 amide bonds. The second-order valence-corrected chi connectivity index (χ2v) is 3.10. The van der Waals surface area contributed by atoms with Crippen LogP contribution in [0.3, 0.4) is 0 Å². The van der Waals surface area contributed by atoms with E-state index in [4.69, 9.17) is 5.26 Å². The number of halogens is 3. The smallest absolute Gasteiger partial charge is 0.304 e. The summed E-state index contributed by atoms with van der Waals surface area (Å²) in [6, 6.07) is 1.52. The van der Waals surface area contributed by atoms with Gasteiger partial charge in [0, 0.05) is 13.1 Å². The summed E-state index contributed by atoms with van der Waals surface area (Å²) in [7, 11) is 3.17. The summed E-state index contributed by atoms with van der Waals surface area (Å²) in [5.74, 6) is 0. The van der Waals surface area contributed by atoms with E-state index in [0.717, 1.165) is 0 Å². The molecule has 14 heavy (non-hydrogen) atoms. The van der Waals surface area contributed by atoms with Crippen molar-refractivity contribution in [2.24, 2.45) is 0 Å². The minimum Gasteiger partial charge on any atom is -0.304 e. The minimum atomic E-state index is -4.13. The number of rotatable bonds is 5. The lowest BCUT2D eigenvalue weighted by Gasteiger charge is -2.19. The van der Waals surface area contributed by atoms with Gasteiger partial charge in [0.2, 0.25) is 0 Å². The number of hydrogen-bond donors (Lipinski definition) is 1. The molecule has 0 radical (unpaired) electrons. The monoisotopic (exact) mass is 209 g/mol. The Morgan fingerprint density at radius 2 is 2.07 bits per heavy atom. The average Bonchev–Trinajstić information content (AvgIpc) is 2.09. The van der Waals surface area contributed by atoms with Gasteiger partial charge in [0.05, 0.1) is 12.5 Å². The van der Waals surface area contributed by atoms with Crippen LogP contribution >= 0.6 is 0 Å². The fraction of sp³-hybridized carbons (Fsp3) is 0.875. The highest BCUT2D eigenvalue weighted by Crippen LogP contribution is 2.19. The first-order valence-corrected chi connectivity index (χ1v) is 4.21. The zero-order valence-corrected chi connectivity index (χ0v) is 8.23. The first kappa shape index (κ1) is 13.2. The molecule has 6 heteroatoms. The number of likely N-dealkylation sites (N-methyl/N-ethyl adjacent to an activating group) is 2. The number of hydrogen-bond acceptors (Lipinski definition) is 3. The molecular weight excluding hydrogens is 195 g/mol. The molecule has 0 aromatic heterocycles. The summed E-state index contributed by atoms with van der Waals surface area (Å²) < 4.78 is 35.4. The third-order valence-corrected chi connectivity index (χ3v) is 1.78. The molecule has 0 aliphatic heterocycles. The van der Waals surface area contributed by atoms with Crippen molar-refractivity contribution in [3.05, 3.63) is 0 Å². The van der Waals surface area contributed by atoms with E-state index < -0.39 is 18.6 Å². The zero-order valence-electron chi connectivity index (χ0n) is 8.23. The Bertz CT molecular complexity index is 197. The minimum absolute atomic E-state index is 0.0800. The van der Waals surface area contributed by atoms with Crippen LogP contribution in [0.1, 0.15) is 6.42 Å². The Balaban J connectivity index is 3.76. The predicted molar refractivity (Wildman–Crippen MR) is 46.6 cm³/mol. The molecule has 1 N–H and O–H groups in total. The molecule has 0 saturated heterocycles. The van der Waals surface area contributed by atoms with Crippen molar-refractivity contribution in [1.82, 2.24) is 10.2 Å². The summed E-state index contributed by atoms with van der Waals surface area (Å²) in [6.45, 7) is 0.215. The van der Waals surface area contributed by atoms with E-state index in [2.05, 4.69) is 5.32 Å². The number of nitrogens with zero attached hydrogens (tertiary/aromatic N) is 2. The van der Waals surface area contributed by atoms with Gasteiger partial charge < -0.3 is 10.2 Å². The van der Waals surface area contributed by atoms with Gasteiger partial charge in [0.1, 0.15) is 6.04 Å². The van der Waals surface area contributed by atoms with Gasteiger partial charge in [0.25, 0.3) is 0 Å². The molecular formula is C8H14F3N3. The Morgan fingerprint density at radius 3 is 2.43 bits per heavy atom. The van der Waals surface area contributed by atoms with Crippen molar-refractivity contribution < 1.29 is 13.2 Å². The van der Waals surface area contributed by atoms with Gasteiger partial charge in [-0.2, -0.15) is 18.4 Å². The maximum Gasteiger partial charge on any atom is 0.390 e. The van der Waals surface area contributed by atoms with Gasteiger partial charge >= 0.3 is 6.18 Å². The quantitative estimate of drug-likeness (QED) is 0.733. The second kappa shape index (κ2) is 5.83. The summed E-state index contributed by atoms with van der Waals surface area (Å²) in [6.07, 6.45) is -4.97. The van der Waals surface area contributed by atoms with Gasteiger partial charge in [-0.1, -0.05) is 0 Å². The molecule has 0 heterocycles. The van der Waals surface area contributed by atoms with Gasteiger partial charge in [0.15, 0.2) is 0 Å². The molecule has 0 aromatic rings. The van der Waals surface area contributed by atoms with Gasteiger partial charge in [-0.05, 0) is 14.1 Å². The molecule has 0 aliphatic carbocycles. The zero-order chi connectivity index (χ0) is 11.2. The topological polar surface area (TPSA) is 39.1 Å². The highest BCUT2D eigenvalue weighted by Gasteiger charge is 2.27. The first-order chi connectivity index (χ1) is 6.39. The van der Waals surface area contributed by atoms with E-state index >= 15 is 0 Å². The van der Waals surface area contributed by atoms with Crippen molar-refractivity contribution >= 4 is 0 Å². The highest BCUT2D eigenvalue weighted by atomic mass is 19.4. The van der Waals surface area contributed by atoms with Gasteiger partial charge in [-0.3, -0.25) is 0 Å². The molecule has 0 spiro atoms. The van der Waals surface area contributed by atoms with Crippen LogP contribution in [0.4, 0.5) is 13.2 Å². The third kappa shape index (κ3) is 6.69. The summed E-state index contributed by atoms with van der Waals surface area (Å²) >= 11 is 0. The second-order valence-electron chi connectivity index (χ2n) is 3.10. The Labute approximate surface area is 81.5 Å². The normalized spacial score (nSPS) is 14.1. The molecule has 0 rings (SSSR count). The Hall–Kier alpha value is -0.800. The van der Waals surface area contributed by atoms with E-state index in [-0.39, 0.29) is 6.54 Å². The molecule has 0 aliphatic rings. The molecule has 0 saturated carbocycles. The first-order valence-electron chi connectivity index (χ1n) is 4.21. The molecule has 0 aromatic carbocycles. The van der Waals surface area contributed by atoms with Crippen molar-refractivity contribution in [2.45, 2.75) is 18.6 Å². The summed E-state index contributed by atoms with van der Waals surface area (Å²) in [4.78, 5) is 1.48. The average molecular weight is 209 g/mol. The van der Waals surface area contributed by atoms with Crippen LogP contribution in [0, 0.1) is 11.3 Å². The standard InChI is InChI=1S/C8H14F3N3/c1-13-7(5-12)6-14(2)4-3-8(9,10)11/h7,13H,3-4,6H2,1-2H3. The Morgan fingerprint density at radius 1 is 1.50 bits per heavy atom. The largest absolute Gasteiger partial charge is 0.390 e. The van der Waals surface area contributed by atoms with E-state index in [1.807, 2.05) is 6.07 Å². The maximum absolute atomic E-state index is 11.8. The van der Waals surface area contributed by atoms with E-state index in [1.54, 1.807) is 14.1 Å². The number of nitriles is 1. The van der Waals surface area contributed by atoms with Gasteiger partial charge in [-0.15, -0.1) is 0 Å². The lowest BCUT2D eigenvalue weighted by molar-refractivity contribution is -0.137. The van der Waals surface area contributed by atoms with Crippen LogP contribution in [0.2, 0.25) is 0 Å². The molecule has 0 fully saturated rings. The van der Waals surface area contributed by atoms with Crippen LogP contribution in [0.5, 0.6) is 0 Å². The third-order valence-electron chi connectivity index (χ3n) is 1.78. The lowest BCUT2D eigenvalue weighted by Crippen LogP contribution is -2.37. The predicted octanol–water partition coefficient (Wildman–Crippen LogP) is 0.982. The fourth-order valence-electron chi connectivity index (χ4n) is 0.917. The van der Waals surface area contributed by atoms with Crippen molar-refractivity contribution in [3.63, 3.8) is 0 Å². The van der Waals surface area contributed by atoms with Crippen molar-refractivity contribution in [2.75, 3.05) is 27.2 Å². The molecule has 1 unspecified atom stereocenters. The van der Waals surface area contributed by atoms with Crippen molar-refractivity contribution in [3.8, 4) is 6.07 Å². The molecule has 1 atom stereocenters. The van der Waals surface area contributed by atoms with Crippen LogP contribution < -0.4 is 5.32 Å². The highest BCUT2D eigenvalue weighted by molar-refractivity contribution is 4.90. The fourth-order valence-corrected chi connectivity index (χ4v) is 0.917. The van der Waals surface area contributed by atoms with Gasteiger partial charge in [-0.25, -0.2) is 0 Å². The van der Waals surface area contributed by atoms with Crippen LogP contribution in [-0.4, -0.2) is 44.3 Å². The molecule has 82 valence electrons. The van der Waals surface area contributed by atoms with Crippen LogP contribution in [0.25, 0.3) is 0 Å². The number of nitrogens with one attached hydrogen (secondary N) is 1. The van der Waals surface area contributed by atoms with Crippen LogP contribution in [0.15, 0.2) is 0 Å². The SMILES string of the molecule is CNC(C#N)CN(C)CCC(F)(F)F. The van der Waals surface area contributed by atoms with E-state index in [0.29, 0.717) is 6.54 Å². The van der Waals surface area contributed by atoms with Crippen LogP contribution in [-0.2, 0) is 0 Å². The van der Waals surface area contributed by atoms with Crippen molar-refractivity contribution in [1.29, 1.82) is 5.26 Å². The maximum atomic E-state index is 11.8. The lowest BCUT2D eigenvalue weighted by atomic mass is 10.3. The Kier molecular flexibility index (Phi) is 5.50. The van der Waals surface area contributed by atoms with E-state index in [1.165, 1.54) is 4.90 Å². The molecule has 3 nitrogen and oxygen atoms in total. The number of alkyl halides is 3. The van der Waals surface area contributed by atoms with E-state index in [9.17, 15) is 13.2 Å². The summed E-state index contributed by atoms with van der Waals surface area (Å²) in [5, 5.41) is 11.2.